The molecular weight excluding hydrogens is 273 g/mol. The molecule has 2 nitrogen and oxygen atoms in total. The molecule has 2 unspecified atom stereocenters. The van der Waals surface area contributed by atoms with Crippen LogP contribution in [0.3, 0.4) is 0 Å². The molecule has 1 rings (SSSR count). The average molecular weight is 292 g/mol. The van der Waals surface area contributed by atoms with Gasteiger partial charge in [0.25, 0.3) is 0 Å². The van der Waals surface area contributed by atoms with E-state index in [0.29, 0.717) is 12.0 Å². The number of nitrogens with one attached hydrogen (secondary N) is 1. The quantitative estimate of drug-likeness (QED) is 0.893. The number of hydrogen-bond donors (Lipinski definition) is 1. The van der Waals surface area contributed by atoms with E-state index in [1.807, 2.05) is 27.7 Å². The van der Waals surface area contributed by atoms with Crippen molar-refractivity contribution in [3.05, 3.63) is 34.6 Å². The highest BCUT2D eigenvalue weighted by atomic mass is 35.5. The van der Waals surface area contributed by atoms with Gasteiger partial charge in [-0.3, -0.25) is 0 Å². The second-order valence-corrected chi connectivity index (χ2v) is 7.51. The molecule has 2 atom stereocenters. The van der Waals surface area contributed by atoms with Crippen molar-refractivity contribution >= 4 is 22.6 Å². The summed E-state index contributed by atoms with van der Waals surface area (Å²) in [6.45, 7) is 7.53. The molecule has 1 N–H and O–H groups in total. The lowest BCUT2D eigenvalue weighted by atomic mass is 10.1. The Labute approximate surface area is 116 Å². The Morgan fingerprint density at radius 2 is 2.06 bits per heavy atom. The minimum Gasteiger partial charge on any atom is -0.242 e. The van der Waals surface area contributed by atoms with Gasteiger partial charge in [-0.15, -0.1) is 0 Å². The van der Waals surface area contributed by atoms with Crippen LogP contribution in [0.15, 0.2) is 18.2 Å². The van der Waals surface area contributed by atoms with E-state index in [0.717, 1.165) is 0 Å². The normalized spacial score (nSPS) is 15.4. The van der Waals surface area contributed by atoms with Crippen LogP contribution in [0.1, 0.15) is 45.7 Å². The van der Waals surface area contributed by atoms with E-state index in [9.17, 15) is 8.60 Å². The van der Waals surface area contributed by atoms with Crippen LogP contribution in [0.2, 0.25) is 5.02 Å². The highest BCUT2D eigenvalue weighted by Gasteiger charge is 2.24. The standard InChI is InChI=1S/C13H19ClFNOS/c1-5-11(16-18(17)13(2,3)4)9-7-6-8-10(14)12(9)15/h6-8,11,16H,5H2,1-4H3. The molecule has 0 spiro atoms. The molecule has 0 aliphatic rings. The van der Waals surface area contributed by atoms with E-state index in [4.69, 9.17) is 11.6 Å². The summed E-state index contributed by atoms with van der Waals surface area (Å²) in [5.74, 6) is -0.440. The van der Waals surface area contributed by atoms with E-state index in [-0.39, 0.29) is 15.8 Å². The molecule has 0 fully saturated rings. The SMILES string of the molecule is CCC(NS(=O)C(C)(C)C)c1cccc(Cl)c1F. The fraction of sp³-hybridized carbons (Fsp3) is 0.538. The van der Waals surface area contributed by atoms with Crippen molar-refractivity contribution < 1.29 is 8.60 Å². The Kier molecular flexibility index (Phi) is 5.32. The number of hydrogen-bond acceptors (Lipinski definition) is 1. The molecule has 0 saturated carbocycles. The monoisotopic (exact) mass is 291 g/mol. The van der Waals surface area contributed by atoms with Gasteiger partial charge < -0.3 is 0 Å². The summed E-state index contributed by atoms with van der Waals surface area (Å²) in [7, 11) is -1.24. The predicted molar refractivity (Wildman–Crippen MR) is 75.5 cm³/mol. The summed E-state index contributed by atoms with van der Waals surface area (Å²) < 4.78 is 28.5. The molecule has 5 heteroatoms. The first-order valence-corrected chi connectivity index (χ1v) is 7.42. The van der Waals surface area contributed by atoms with Crippen LogP contribution in [0.4, 0.5) is 4.39 Å². The third kappa shape index (κ3) is 3.77. The van der Waals surface area contributed by atoms with Gasteiger partial charge in [0.2, 0.25) is 0 Å². The van der Waals surface area contributed by atoms with Gasteiger partial charge in [-0.25, -0.2) is 13.3 Å². The van der Waals surface area contributed by atoms with Gasteiger partial charge in [-0.2, -0.15) is 0 Å². The highest BCUT2D eigenvalue weighted by Crippen LogP contribution is 2.26. The zero-order chi connectivity index (χ0) is 13.9. The zero-order valence-corrected chi connectivity index (χ0v) is 12.7. The minimum absolute atomic E-state index is 0.0919. The smallest absolute Gasteiger partial charge is 0.146 e. The predicted octanol–water partition coefficient (Wildman–Crippen LogP) is 3.98. The topological polar surface area (TPSA) is 29.1 Å². The van der Waals surface area contributed by atoms with Crippen LogP contribution in [-0.4, -0.2) is 8.96 Å². The molecular formula is C13H19ClFNOS. The average Bonchev–Trinajstić information content (AvgIpc) is 2.28. The maximum absolute atomic E-state index is 13.9. The number of rotatable bonds is 4. The van der Waals surface area contributed by atoms with Crippen LogP contribution in [0.5, 0.6) is 0 Å². The number of benzene rings is 1. The fourth-order valence-electron chi connectivity index (χ4n) is 1.46. The van der Waals surface area contributed by atoms with Crippen molar-refractivity contribution in [2.75, 3.05) is 0 Å². The first-order valence-electron chi connectivity index (χ1n) is 5.89. The van der Waals surface area contributed by atoms with Crippen LogP contribution >= 0.6 is 11.6 Å². The summed E-state index contributed by atoms with van der Waals surface area (Å²) in [6.07, 6.45) is 0.638. The van der Waals surface area contributed by atoms with Crippen molar-refractivity contribution in [2.45, 2.75) is 44.9 Å². The van der Waals surface area contributed by atoms with E-state index in [2.05, 4.69) is 4.72 Å². The third-order valence-corrected chi connectivity index (χ3v) is 4.47. The Balaban J connectivity index is 2.97. The molecule has 0 saturated heterocycles. The van der Waals surface area contributed by atoms with Gasteiger partial charge in [0, 0.05) is 11.6 Å². The summed E-state index contributed by atoms with van der Waals surface area (Å²) >= 11 is 5.76. The second kappa shape index (κ2) is 6.13. The Hall–Kier alpha value is -0.450. The van der Waals surface area contributed by atoms with Crippen molar-refractivity contribution in [3.8, 4) is 0 Å². The molecule has 0 aromatic heterocycles. The largest absolute Gasteiger partial charge is 0.242 e. The summed E-state index contributed by atoms with van der Waals surface area (Å²) in [5, 5.41) is 0.0919. The third-order valence-electron chi connectivity index (χ3n) is 2.57. The van der Waals surface area contributed by atoms with Gasteiger partial charge >= 0.3 is 0 Å². The number of halogens is 2. The summed E-state index contributed by atoms with van der Waals surface area (Å²) in [6, 6.07) is 4.57. The van der Waals surface area contributed by atoms with Crippen LogP contribution < -0.4 is 4.72 Å². The lowest BCUT2D eigenvalue weighted by Gasteiger charge is -2.24. The first-order chi connectivity index (χ1) is 8.27. The molecule has 0 heterocycles. The summed E-state index contributed by atoms with van der Waals surface area (Å²) in [4.78, 5) is 0. The summed E-state index contributed by atoms with van der Waals surface area (Å²) in [5.41, 5.74) is 0.461. The molecule has 18 heavy (non-hydrogen) atoms. The van der Waals surface area contributed by atoms with E-state index < -0.39 is 16.8 Å². The molecule has 102 valence electrons. The van der Waals surface area contributed by atoms with Gasteiger partial charge in [-0.05, 0) is 33.3 Å². The van der Waals surface area contributed by atoms with Crippen LogP contribution in [0, 0.1) is 5.82 Å². The van der Waals surface area contributed by atoms with Crippen molar-refractivity contribution in [1.29, 1.82) is 0 Å². The van der Waals surface area contributed by atoms with Crippen LogP contribution in [0.25, 0.3) is 0 Å². The van der Waals surface area contributed by atoms with Crippen molar-refractivity contribution in [2.24, 2.45) is 0 Å². The van der Waals surface area contributed by atoms with Gasteiger partial charge in [0.05, 0.1) is 20.8 Å². The maximum atomic E-state index is 13.9. The van der Waals surface area contributed by atoms with Gasteiger partial charge in [-0.1, -0.05) is 30.7 Å². The molecule has 0 amide bonds. The molecule has 0 aliphatic carbocycles. The van der Waals surface area contributed by atoms with Crippen molar-refractivity contribution in [3.63, 3.8) is 0 Å². The first kappa shape index (κ1) is 15.6. The van der Waals surface area contributed by atoms with Crippen molar-refractivity contribution in [1.82, 2.24) is 4.72 Å². The molecule has 0 aliphatic heterocycles. The van der Waals surface area contributed by atoms with E-state index >= 15 is 0 Å². The van der Waals surface area contributed by atoms with E-state index in [1.165, 1.54) is 6.07 Å². The Morgan fingerprint density at radius 3 is 2.56 bits per heavy atom. The molecule has 0 bridgehead atoms. The Morgan fingerprint density at radius 1 is 1.44 bits per heavy atom. The maximum Gasteiger partial charge on any atom is 0.146 e. The lowest BCUT2D eigenvalue weighted by Crippen LogP contribution is -2.35. The molecule has 1 aromatic carbocycles. The van der Waals surface area contributed by atoms with E-state index in [1.54, 1.807) is 12.1 Å². The fourth-order valence-corrected chi connectivity index (χ4v) is 2.55. The van der Waals surface area contributed by atoms with Gasteiger partial charge in [0.15, 0.2) is 0 Å². The minimum atomic E-state index is -1.24. The zero-order valence-electron chi connectivity index (χ0n) is 11.1. The van der Waals surface area contributed by atoms with Gasteiger partial charge in [0.1, 0.15) is 5.82 Å². The lowest BCUT2D eigenvalue weighted by molar-refractivity contribution is 0.545. The molecule has 0 radical (unpaired) electrons. The highest BCUT2D eigenvalue weighted by molar-refractivity contribution is 7.84. The molecule has 1 aromatic rings. The van der Waals surface area contributed by atoms with Crippen LogP contribution in [-0.2, 0) is 11.0 Å². The second-order valence-electron chi connectivity index (χ2n) is 5.10. The Bertz CT molecular complexity index is 445.